The van der Waals surface area contributed by atoms with Crippen LogP contribution in [-0.2, 0) is 4.79 Å². The number of ether oxygens (including phenoxy) is 2. The van der Waals surface area contributed by atoms with Crippen molar-refractivity contribution in [2.24, 2.45) is 0 Å². The molecule has 6 heteroatoms. The van der Waals surface area contributed by atoms with Crippen molar-refractivity contribution >= 4 is 23.2 Å². The Labute approximate surface area is 164 Å². The summed E-state index contributed by atoms with van der Waals surface area (Å²) < 4.78 is 11.3. The Morgan fingerprint density at radius 1 is 1.19 bits per heavy atom. The van der Waals surface area contributed by atoms with Gasteiger partial charge in [-0.25, -0.2) is 0 Å². The number of nitrogens with zero attached hydrogens (tertiary/aromatic N) is 1. The lowest BCUT2D eigenvalue weighted by Gasteiger charge is -2.26. The SMILES string of the molecule is Cc1cc(Cl)ccc1NC(=O)CN1CCC[C@@H]1c1ccc2c(c1)OCCO2. The summed E-state index contributed by atoms with van der Waals surface area (Å²) in [6.07, 6.45) is 2.11. The fourth-order valence-electron chi connectivity index (χ4n) is 3.80. The number of aryl methyl sites for hydroxylation is 1. The van der Waals surface area contributed by atoms with Gasteiger partial charge in [-0.1, -0.05) is 17.7 Å². The van der Waals surface area contributed by atoms with Gasteiger partial charge in [0.15, 0.2) is 11.5 Å². The number of fused-ring (bicyclic) bond motifs is 1. The number of rotatable bonds is 4. The van der Waals surface area contributed by atoms with Gasteiger partial charge in [0, 0.05) is 16.8 Å². The molecule has 2 aromatic rings. The van der Waals surface area contributed by atoms with Crippen molar-refractivity contribution in [2.45, 2.75) is 25.8 Å². The number of benzene rings is 2. The lowest BCUT2D eigenvalue weighted by molar-refractivity contribution is -0.117. The van der Waals surface area contributed by atoms with Crippen LogP contribution >= 0.6 is 11.6 Å². The molecule has 0 saturated carbocycles. The quantitative estimate of drug-likeness (QED) is 0.855. The topological polar surface area (TPSA) is 50.8 Å². The van der Waals surface area contributed by atoms with Gasteiger partial charge in [0.05, 0.1) is 6.54 Å². The summed E-state index contributed by atoms with van der Waals surface area (Å²) in [6.45, 7) is 4.38. The first kappa shape index (κ1) is 18.1. The Morgan fingerprint density at radius 2 is 2.00 bits per heavy atom. The second kappa shape index (κ2) is 7.79. The number of hydrogen-bond acceptors (Lipinski definition) is 4. The number of nitrogens with one attached hydrogen (secondary N) is 1. The number of anilines is 1. The molecule has 2 aliphatic rings. The van der Waals surface area contributed by atoms with Crippen molar-refractivity contribution in [3.8, 4) is 11.5 Å². The molecule has 4 rings (SSSR count). The van der Waals surface area contributed by atoms with Crippen molar-refractivity contribution in [1.82, 2.24) is 4.90 Å². The van der Waals surface area contributed by atoms with Crippen molar-refractivity contribution in [2.75, 3.05) is 31.6 Å². The molecule has 2 aromatic carbocycles. The van der Waals surface area contributed by atoms with Crippen LogP contribution < -0.4 is 14.8 Å². The first-order valence-electron chi connectivity index (χ1n) is 9.30. The average Bonchev–Trinajstić information content (AvgIpc) is 3.11. The van der Waals surface area contributed by atoms with Crippen LogP contribution in [0.5, 0.6) is 11.5 Å². The van der Waals surface area contributed by atoms with Crippen molar-refractivity contribution in [3.05, 3.63) is 52.5 Å². The van der Waals surface area contributed by atoms with Crippen LogP contribution in [0.4, 0.5) is 5.69 Å². The zero-order chi connectivity index (χ0) is 18.8. The van der Waals surface area contributed by atoms with E-state index in [1.807, 2.05) is 25.1 Å². The zero-order valence-corrected chi connectivity index (χ0v) is 16.1. The van der Waals surface area contributed by atoms with Gasteiger partial charge in [-0.15, -0.1) is 0 Å². The molecule has 1 fully saturated rings. The number of likely N-dealkylation sites (tertiary alicyclic amines) is 1. The van der Waals surface area contributed by atoms with E-state index in [-0.39, 0.29) is 11.9 Å². The van der Waals surface area contributed by atoms with Crippen LogP contribution in [0.3, 0.4) is 0 Å². The van der Waals surface area contributed by atoms with E-state index in [4.69, 9.17) is 21.1 Å². The third-order valence-corrected chi connectivity index (χ3v) is 5.36. The second-order valence-electron chi connectivity index (χ2n) is 7.04. The standard InChI is InChI=1S/C21H23ClN2O3/c1-14-11-16(22)5-6-17(14)23-21(25)13-24-8-2-3-18(24)15-4-7-19-20(12-15)27-10-9-26-19/h4-7,11-12,18H,2-3,8-10,13H2,1H3,(H,23,25)/t18-/m1/s1. The lowest BCUT2D eigenvalue weighted by Crippen LogP contribution is -2.33. The zero-order valence-electron chi connectivity index (χ0n) is 15.3. The average molecular weight is 387 g/mol. The minimum Gasteiger partial charge on any atom is -0.486 e. The van der Waals surface area contributed by atoms with Gasteiger partial charge in [-0.3, -0.25) is 9.69 Å². The largest absolute Gasteiger partial charge is 0.486 e. The maximum Gasteiger partial charge on any atom is 0.238 e. The summed E-state index contributed by atoms with van der Waals surface area (Å²) in [7, 11) is 0. The molecule has 142 valence electrons. The molecule has 1 saturated heterocycles. The number of carbonyl (C=O) groups excluding carboxylic acids is 1. The highest BCUT2D eigenvalue weighted by atomic mass is 35.5. The minimum atomic E-state index is -0.00938. The van der Waals surface area contributed by atoms with E-state index in [0.717, 1.165) is 42.1 Å². The fraction of sp³-hybridized carbons (Fsp3) is 0.381. The molecule has 0 aliphatic carbocycles. The van der Waals surface area contributed by atoms with E-state index >= 15 is 0 Å². The van der Waals surface area contributed by atoms with E-state index in [9.17, 15) is 4.79 Å². The van der Waals surface area contributed by atoms with Gasteiger partial charge in [0.1, 0.15) is 13.2 Å². The predicted molar refractivity (Wildman–Crippen MR) is 106 cm³/mol. The van der Waals surface area contributed by atoms with Gasteiger partial charge >= 0.3 is 0 Å². The van der Waals surface area contributed by atoms with Crippen LogP contribution in [0, 0.1) is 6.92 Å². The lowest BCUT2D eigenvalue weighted by atomic mass is 10.0. The minimum absolute atomic E-state index is 0.00938. The number of amides is 1. The summed E-state index contributed by atoms with van der Waals surface area (Å²) in [5.74, 6) is 1.59. The summed E-state index contributed by atoms with van der Waals surface area (Å²) in [4.78, 5) is 14.8. The molecule has 0 bridgehead atoms. The van der Waals surface area contributed by atoms with E-state index in [0.29, 0.717) is 24.8 Å². The summed E-state index contributed by atoms with van der Waals surface area (Å²) >= 11 is 5.99. The van der Waals surface area contributed by atoms with E-state index in [2.05, 4.69) is 22.3 Å². The Hall–Kier alpha value is -2.24. The molecular weight excluding hydrogens is 364 g/mol. The van der Waals surface area contributed by atoms with E-state index in [1.54, 1.807) is 6.07 Å². The Balaban J connectivity index is 1.44. The Kier molecular flexibility index (Phi) is 5.23. The van der Waals surface area contributed by atoms with Crippen molar-refractivity contribution in [1.29, 1.82) is 0 Å². The molecule has 5 nitrogen and oxygen atoms in total. The maximum absolute atomic E-state index is 12.6. The molecule has 2 heterocycles. The summed E-state index contributed by atoms with van der Waals surface area (Å²) in [6, 6.07) is 11.8. The molecule has 1 N–H and O–H groups in total. The molecular formula is C21H23ClN2O3. The predicted octanol–water partition coefficient (Wildman–Crippen LogP) is 4.20. The third-order valence-electron chi connectivity index (χ3n) is 5.12. The molecule has 1 atom stereocenters. The summed E-state index contributed by atoms with van der Waals surface area (Å²) in [5.41, 5.74) is 2.94. The van der Waals surface area contributed by atoms with Crippen LogP contribution in [0.2, 0.25) is 5.02 Å². The molecule has 0 aromatic heterocycles. The number of hydrogen-bond donors (Lipinski definition) is 1. The molecule has 1 amide bonds. The second-order valence-corrected chi connectivity index (χ2v) is 7.48. The normalized spacial score (nSPS) is 19.1. The number of carbonyl (C=O) groups is 1. The van der Waals surface area contributed by atoms with Gasteiger partial charge in [-0.05, 0) is 67.8 Å². The first-order valence-corrected chi connectivity index (χ1v) is 9.67. The van der Waals surface area contributed by atoms with Crippen LogP contribution in [0.15, 0.2) is 36.4 Å². The molecule has 0 spiro atoms. The molecule has 27 heavy (non-hydrogen) atoms. The smallest absolute Gasteiger partial charge is 0.238 e. The molecule has 2 aliphatic heterocycles. The van der Waals surface area contributed by atoms with Crippen LogP contribution in [-0.4, -0.2) is 37.1 Å². The number of halogens is 1. The van der Waals surface area contributed by atoms with Crippen LogP contribution in [0.1, 0.15) is 30.0 Å². The summed E-state index contributed by atoms with van der Waals surface area (Å²) in [5, 5.41) is 3.67. The van der Waals surface area contributed by atoms with Gasteiger partial charge in [0.2, 0.25) is 5.91 Å². The highest BCUT2D eigenvalue weighted by molar-refractivity contribution is 6.30. The monoisotopic (exact) mass is 386 g/mol. The van der Waals surface area contributed by atoms with E-state index in [1.165, 1.54) is 5.56 Å². The van der Waals surface area contributed by atoms with E-state index < -0.39 is 0 Å². The highest BCUT2D eigenvalue weighted by Gasteiger charge is 2.28. The van der Waals surface area contributed by atoms with Gasteiger partial charge in [-0.2, -0.15) is 0 Å². The van der Waals surface area contributed by atoms with Gasteiger partial charge < -0.3 is 14.8 Å². The highest BCUT2D eigenvalue weighted by Crippen LogP contribution is 2.38. The van der Waals surface area contributed by atoms with Crippen molar-refractivity contribution in [3.63, 3.8) is 0 Å². The van der Waals surface area contributed by atoms with Crippen LogP contribution in [0.25, 0.3) is 0 Å². The Bertz CT molecular complexity index is 855. The fourth-order valence-corrected chi connectivity index (χ4v) is 4.03. The first-order chi connectivity index (χ1) is 13.1. The Morgan fingerprint density at radius 3 is 2.81 bits per heavy atom. The molecule has 0 radical (unpaired) electrons. The van der Waals surface area contributed by atoms with Gasteiger partial charge in [0.25, 0.3) is 0 Å². The maximum atomic E-state index is 12.6. The van der Waals surface area contributed by atoms with Crippen molar-refractivity contribution < 1.29 is 14.3 Å². The third kappa shape index (κ3) is 4.04. The molecule has 0 unspecified atom stereocenters.